The van der Waals surface area contributed by atoms with E-state index in [0.29, 0.717) is 13.2 Å². The van der Waals surface area contributed by atoms with Gasteiger partial charge in [0, 0.05) is 18.2 Å². The van der Waals surface area contributed by atoms with Gasteiger partial charge in [0.25, 0.3) is 0 Å². The van der Waals surface area contributed by atoms with Crippen molar-refractivity contribution < 1.29 is 14.2 Å². The van der Waals surface area contributed by atoms with Gasteiger partial charge in [-0.2, -0.15) is 0 Å². The minimum Gasteiger partial charge on any atom is -0.490 e. The first kappa shape index (κ1) is 14.0. The molecule has 0 saturated heterocycles. The Balaban J connectivity index is 2.22. The number of rotatable bonds is 1. The van der Waals surface area contributed by atoms with Crippen molar-refractivity contribution in [2.24, 2.45) is 0 Å². The van der Waals surface area contributed by atoms with E-state index in [1.807, 2.05) is 24.3 Å². The van der Waals surface area contributed by atoms with Gasteiger partial charge in [-0.15, -0.1) is 0 Å². The zero-order chi connectivity index (χ0) is 14.8. The van der Waals surface area contributed by atoms with E-state index < -0.39 is 0 Å². The van der Waals surface area contributed by atoms with E-state index in [1.54, 1.807) is 7.11 Å². The summed E-state index contributed by atoms with van der Waals surface area (Å²) in [7, 11) is 1.68. The largest absolute Gasteiger partial charge is 0.490 e. The standard InChI is InChI=1S/C18H20O3/c1-12-6-4-8-15-17(12)18-13(2)7-5-9-16(18)21-11-14(19-3)10-20-15/h4-9,14H,10-11H2,1-3H3. The summed E-state index contributed by atoms with van der Waals surface area (Å²) in [6.07, 6.45) is -0.0789. The van der Waals surface area contributed by atoms with Crippen LogP contribution in [0.25, 0.3) is 11.1 Å². The Bertz CT molecular complexity index is 593. The van der Waals surface area contributed by atoms with Crippen LogP contribution in [0.3, 0.4) is 0 Å². The molecule has 0 bridgehead atoms. The van der Waals surface area contributed by atoms with Crippen molar-refractivity contribution in [3.8, 4) is 22.6 Å². The molecule has 2 aromatic rings. The summed E-state index contributed by atoms with van der Waals surface area (Å²) >= 11 is 0. The Kier molecular flexibility index (Phi) is 3.84. The lowest BCUT2D eigenvalue weighted by molar-refractivity contribution is 0.0249. The van der Waals surface area contributed by atoms with Gasteiger partial charge in [-0.25, -0.2) is 0 Å². The molecule has 0 N–H and O–H groups in total. The van der Waals surface area contributed by atoms with Gasteiger partial charge in [0.15, 0.2) is 0 Å². The number of benzene rings is 2. The molecule has 0 saturated carbocycles. The summed E-state index contributed by atoms with van der Waals surface area (Å²) in [5.41, 5.74) is 4.59. The maximum absolute atomic E-state index is 6.00. The number of hydrogen-bond donors (Lipinski definition) is 0. The molecule has 21 heavy (non-hydrogen) atoms. The van der Waals surface area contributed by atoms with Crippen LogP contribution in [-0.4, -0.2) is 26.4 Å². The Morgan fingerprint density at radius 2 is 1.33 bits per heavy atom. The van der Waals surface area contributed by atoms with Crippen molar-refractivity contribution in [2.75, 3.05) is 20.3 Å². The minimum atomic E-state index is -0.0789. The van der Waals surface area contributed by atoms with Gasteiger partial charge in [0.05, 0.1) is 0 Å². The zero-order valence-electron chi connectivity index (χ0n) is 12.7. The van der Waals surface area contributed by atoms with Gasteiger partial charge in [0.1, 0.15) is 30.8 Å². The van der Waals surface area contributed by atoms with Crippen molar-refractivity contribution in [1.82, 2.24) is 0 Å². The monoisotopic (exact) mass is 284 g/mol. The fourth-order valence-electron chi connectivity index (χ4n) is 2.71. The number of aryl methyl sites for hydroxylation is 2. The lowest BCUT2D eigenvalue weighted by Crippen LogP contribution is -2.27. The van der Waals surface area contributed by atoms with Gasteiger partial charge >= 0.3 is 0 Å². The van der Waals surface area contributed by atoms with Crippen LogP contribution in [-0.2, 0) is 4.74 Å². The van der Waals surface area contributed by atoms with Crippen LogP contribution < -0.4 is 9.47 Å². The van der Waals surface area contributed by atoms with Crippen LogP contribution in [0.4, 0.5) is 0 Å². The van der Waals surface area contributed by atoms with Gasteiger partial charge in [-0.1, -0.05) is 24.3 Å². The van der Waals surface area contributed by atoms with Crippen LogP contribution >= 0.6 is 0 Å². The topological polar surface area (TPSA) is 27.7 Å². The Morgan fingerprint density at radius 1 is 0.857 bits per heavy atom. The molecular formula is C18H20O3. The third-order valence-electron chi connectivity index (χ3n) is 3.90. The van der Waals surface area contributed by atoms with Crippen LogP contribution in [0.5, 0.6) is 11.5 Å². The first-order valence-corrected chi connectivity index (χ1v) is 7.18. The first-order chi connectivity index (χ1) is 10.2. The molecule has 1 aliphatic heterocycles. The van der Waals surface area contributed by atoms with Crippen molar-refractivity contribution in [2.45, 2.75) is 20.0 Å². The van der Waals surface area contributed by atoms with Crippen molar-refractivity contribution in [3.05, 3.63) is 47.5 Å². The number of methoxy groups -OCH3 is 1. The quantitative estimate of drug-likeness (QED) is 0.798. The molecule has 1 heterocycles. The molecule has 110 valence electrons. The summed E-state index contributed by atoms with van der Waals surface area (Å²) in [6.45, 7) is 5.17. The smallest absolute Gasteiger partial charge is 0.127 e. The number of hydrogen-bond acceptors (Lipinski definition) is 3. The first-order valence-electron chi connectivity index (χ1n) is 7.18. The molecule has 0 radical (unpaired) electrons. The predicted octanol–water partition coefficient (Wildman–Crippen LogP) is 3.76. The Hall–Kier alpha value is -2.00. The molecule has 0 aliphatic carbocycles. The molecule has 3 heteroatoms. The third-order valence-corrected chi connectivity index (χ3v) is 3.90. The highest BCUT2D eigenvalue weighted by Gasteiger charge is 2.21. The average molecular weight is 284 g/mol. The Labute approximate surface area is 125 Å². The molecular weight excluding hydrogens is 264 g/mol. The highest BCUT2D eigenvalue weighted by Crippen LogP contribution is 2.41. The van der Waals surface area contributed by atoms with Crippen LogP contribution in [0.15, 0.2) is 36.4 Å². The molecule has 3 rings (SSSR count). The highest BCUT2D eigenvalue weighted by molar-refractivity contribution is 5.81. The minimum absolute atomic E-state index is 0.0789. The fraction of sp³-hybridized carbons (Fsp3) is 0.333. The van der Waals surface area contributed by atoms with Crippen molar-refractivity contribution in [3.63, 3.8) is 0 Å². The molecule has 2 aromatic carbocycles. The predicted molar refractivity (Wildman–Crippen MR) is 83.1 cm³/mol. The SMILES string of the molecule is COC1COc2cccc(C)c2-c2c(C)cccc2OC1. The second-order valence-corrected chi connectivity index (χ2v) is 5.38. The Morgan fingerprint density at radius 3 is 1.76 bits per heavy atom. The summed E-state index contributed by atoms with van der Waals surface area (Å²) in [5, 5.41) is 0. The van der Waals surface area contributed by atoms with Crippen LogP contribution in [0, 0.1) is 13.8 Å². The summed E-state index contributed by atoms with van der Waals surface area (Å²) < 4.78 is 17.4. The molecule has 0 amide bonds. The van der Waals surface area contributed by atoms with Crippen LogP contribution in [0.2, 0.25) is 0 Å². The second kappa shape index (κ2) is 5.78. The van der Waals surface area contributed by atoms with E-state index >= 15 is 0 Å². The molecule has 1 aliphatic rings. The van der Waals surface area contributed by atoms with Gasteiger partial charge in [-0.05, 0) is 37.1 Å². The highest BCUT2D eigenvalue weighted by atomic mass is 16.6. The molecule has 0 unspecified atom stereocenters. The summed E-state index contributed by atoms with van der Waals surface area (Å²) in [5.74, 6) is 1.77. The van der Waals surface area contributed by atoms with E-state index in [0.717, 1.165) is 22.6 Å². The molecule has 0 atom stereocenters. The number of ether oxygens (including phenoxy) is 3. The third kappa shape index (κ3) is 2.61. The maximum atomic E-state index is 6.00. The van der Waals surface area contributed by atoms with E-state index in [2.05, 4.69) is 26.0 Å². The van der Waals surface area contributed by atoms with Gasteiger partial charge in [0.2, 0.25) is 0 Å². The van der Waals surface area contributed by atoms with E-state index in [-0.39, 0.29) is 6.10 Å². The van der Waals surface area contributed by atoms with Gasteiger partial charge in [-0.3, -0.25) is 0 Å². The molecule has 3 nitrogen and oxygen atoms in total. The number of fused-ring (bicyclic) bond motifs is 3. The normalized spacial score (nSPS) is 14.8. The van der Waals surface area contributed by atoms with E-state index in [1.165, 1.54) is 11.1 Å². The fourth-order valence-corrected chi connectivity index (χ4v) is 2.71. The van der Waals surface area contributed by atoms with E-state index in [4.69, 9.17) is 14.2 Å². The molecule has 0 fully saturated rings. The van der Waals surface area contributed by atoms with Crippen LogP contribution in [0.1, 0.15) is 11.1 Å². The average Bonchev–Trinajstić information content (AvgIpc) is 2.56. The van der Waals surface area contributed by atoms with Crippen molar-refractivity contribution in [1.29, 1.82) is 0 Å². The maximum Gasteiger partial charge on any atom is 0.127 e. The van der Waals surface area contributed by atoms with Crippen molar-refractivity contribution >= 4 is 0 Å². The molecule has 0 spiro atoms. The second-order valence-electron chi connectivity index (χ2n) is 5.38. The van der Waals surface area contributed by atoms with E-state index in [9.17, 15) is 0 Å². The van der Waals surface area contributed by atoms with Gasteiger partial charge < -0.3 is 14.2 Å². The lowest BCUT2D eigenvalue weighted by atomic mass is 9.95. The molecule has 0 aromatic heterocycles. The zero-order valence-corrected chi connectivity index (χ0v) is 12.7. The lowest BCUT2D eigenvalue weighted by Gasteiger charge is -2.16. The summed E-state index contributed by atoms with van der Waals surface area (Å²) in [6, 6.07) is 12.3. The summed E-state index contributed by atoms with van der Waals surface area (Å²) in [4.78, 5) is 0.